The van der Waals surface area contributed by atoms with E-state index in [-0.39, 0.29) is 24.3 Å². The fourth-order valence-electron chi connectivity index (χ4n) is 2.68. The number of hydrogen-bond donors (Lipinski definition) is 2. The maximum atomic E-state index is 12.7. The van der Waals surface area contributed by atoms with Gasteiger partial charge in [-0.2, -0.15) is 0 Å². The van der Waals surface area contributed by atoms with Crippen molar-refractivity contribution in [3.63, 3.8) is 0 Å². The number of esters is 1. The van der Waals surface area contributed by atoms with Crippen LogP contribution in [0.2, 0.25) is 0 Å². The van der Waals surface area contributed by atoms with Crippen molar-refractivity contribution in [1.82, 2.24) is 5.32 Å². The number of aliphatic imine (C=N–C) groups is 1. The van der Waals surface area contributed by atoms with Crippen LogP contribution >= 0.6 is 11.8 Å². The number of thioether (sulfide) groups is 1. The number of amides is 2. The van der Waals surface area contributed by atoms with Crippen LogP contribution < -0.4 is 10.6 Å². The molecule has 1 aliphatic heterocycles. The van der Waals surface area contributed by atoms with Gasteiger partial charge in [-0.25, -0.2) is 9.79 Å². The van der Waals surface area contributed by atoms with E-state index in [4.69, 9.17) is 4.74 Å². The highest BCUT2D eigenvalue weighted by atomic mass is 32.2. The summed E-state index contributed by atoms with van der Waals surface area (Å²) in [6.45, 7) is 5.54. The monoisotopic (exact) mass is 425 g/mol. The number of ether oxygens (including phenoxy) is 1. The smallest absolute Gasteiger partial charge is 0.338 e. The van der Waals surface area contributed by atoms with Crippen molar-refractivity contribution in [1.29, 1.82) is 0 Å². The Hall–Kier alpha value is -3.13. The van der Waals surface area contributed by atoms with Crippen molar-refractivity contribution >= 4 is 46.1 Å². The van der Waals surface area contributed by atoms with Gasteiger partial charge >= 0.3 is 5.97 Å². The van der Waals surface area contributed by atoms with Crippen molar-refractivity contribution in [2.75, 3.05) is 5.32 Å². The Kier molecular flexibility index (Phi) is 6.89. The molecule has 2 aromatic carbocycles. The summed E-state index contributed by atoms with van der Waals surface area (Å²) in [5, 5.41) is 5.28. The largest absolute Gasteiger partial charge is 0.459 e. The van der Waals surface area contributed by atoms with E-state index in [1.165, 1.54) is 11.8 Å². The number of carbonyl (C=O) groups is 3. The number of hydrogen-bond acceptors (Lipinski definition) is 6. The van der Waals surface area contributed by atoms with Crippen LogP contribution in [-0.4, -0.2) is 34.3 Å². The Morgan fingerprint density at radius 2 is 1.80 bits per heavy atom. The third-order valence-corrected chi connectivity index (χ3v) is 5.24. The first kappa shape index (κ1) is 21.6. The topological polar surface area (TPSA) is 96.9 Å². The lowest BCUT2D eigenvalue weighted by atomic mass is 10.2. The van der Waals surface area contributed by atoms with Crippen LogP contribution in [0.4, 0.5) is 11.4 Å². The summed E-state index contributed by atoms with van der Waals surface area (Å²) in [5.74, 6) is -0.977. The molecule has 0 radical (unpaired) electrons. The molecule has 30 heavy (non-hydrogen) atoms. The van der Waals surface area contributed by atoms with E-state index in [1.807, 2.05) is 31.2 Å². The Morgan fingerprint density at radius 3 is 2.43 bits per heavy atom. The second-order valence-electron chi connectivity index (χ2n) is 7.13. The lowest BCUT2D eigenvalue weighted by molar-refractivity contribution is -0.123. The molecule has 0 spiro atoms. The molecule has 3 rings (SSSR count). The highest BCUT2D eigenvalue weighted by Crippen LogP contribution is 2.25. The Morgan fingerprint density at radius 1 is 1.13 bits per heavy atom. The first-order chi connectivity index (χ1) is 14.3. The minimum Gasteiger partial charge on any atom is -0.459 e. The second-order valence-corrected chi connectivity index (χ2v) is 8.32. The van der Waals surface area contributed by atoms with E-state index >= 15 is 0 Å². The van der Waals surface area contributed by atoms with E-state index in [0.29, 0.717) is 22.1 Å². The van der Waals surface area contributed by atoms with Crippen LogP contribution in [0.1, 0.15) is 36.2 Å². The second kappa shape index (κ2) is 9.58. The van der Waals surface area contributed by atoms with Crippen LogP contribution in [0, 0.1) is 6.92 Å². The molecule has 8 heteroatoms. The fraction of sp³-hybridized carbons (Fsp3) is 0.273. The van der Waals surface area contributed by atoms with Crippen molar-refractivity contribution in [2.24, 2.45) is 4.99 Å². The quantitative estimate of drug-likeness (QED) is 0.710. The molecule has 0 bridgehead atoms. The Labute approximate surface area is 179 Å². The molecule has 0 unspecified atom stereocenters. The number of benzene rings is 2. The molecule has 2 aromatic rings. The van der Waals surface area contributed by atoms with Gasteiger partial charge in [0.25, 0.3) is 0 Å². The van der Waals surface area contributed by atoms with Gasteiger partial charge in [0.05, 0.1) is 17.4 Å². The van der Waals surface area contributed by atoms with Gasteiger partial charge in [0, 0.05) is 12.1 Å². The van der Waals surface area contributed by atoms with Gasteiger partial charge in [0.2, 0.25) is 11.8 Å². The standard InChI is InChI=1S/C22H23N3O4S/c1-13(2)29-21(28)15-6-10-16(11-7-15)23-20(27)18-12-19(26)25-22(30-18)24-17-8-4-14(3)5-9-17/h4-11,13,18H,12H2,1-3H3,(H,23,27)(H,24,25,26)/t18-/m0/s1. The van der Waals surface area contributed by atoms with Crippen LogP contribution in [0.5, 0.6) is 0 Å². The normalized spacial score (nSPS) is 17.5. The van der Waals surface area contributed by atoms with Crippen LogP contribution in [0.25, 0.3) is 0 Å². The van der Waals surface area contributed by atoms with Crippen molar-refractivity contribution in [3.05, 3.63) is 59.7 Å². The van der Waals surface area contributed by atoms with E-state index in [9.17, 15) is 14.4 Å². The molecule has 1 atom stereocenters. The maximum Gasteiger partial charge on any atom is 0.338 e. The predicted octanol–water partition coefficient (Wildman–Crippen LogP) is 3.81. The van der Waals surface area contributed by atoms with Gasteiger partial charge in [-0.15, -0.1) is 0 Å². The molecule has 1 saturated heterocycles. The molecule has 0 saturated carbocycles. The molecular formula is C22H23N3O4S. The number of nitrogens with one attached hydrogen (secondary N) is 2. The highest BCUT2D eigenvalue weighted by Gasteiger charge is 2.30. The van der Waals surface area contributed by atoms with Gasteiger partial charge in [0.1, 0.15) is 5.25 Å². The third-order valence-electron chi connectivity index (χ3n) is 4.16. The summed E-state index contributed by atoms with van der Waals surface area (Å²) in [4.78, 5) is 41.0. The number of anilines is 1. The summed E-state index contributed by atoms with van der Waals surface area (Å²) in [6, 6.07) is 14.0. The molecular weight excluding hydrogens is 402 g/mol. The molecule has 0 aliphatic carbocycles. The zero-order valence-electron chi connectivity index (χ0n) is 17.0. The fourth-order valence-corrected chi connectivity index (χ4v) is 3.68. The minimum atomic E-state index is -0.603. The molecule has 1 fully saturated rings. The lowest BCUT2D eigenvalue weighted by Gasteiger charge is -2.22. The average molecular weight is 426 g/mol. The van der Waals surface area contributed by atoms with Crippen LogP contribution in [0.3, 0.4) is 0 Å². The van der Waals surface area contributed by atoms with Gasteiger partial charge in [-0.1, -0.05) is 29.5 Å². The van der Waals surface area contributed by atoms with E-state index in [0.717, 1.165) is 5.56 Å². The molecule has 156 valence electrons. The number of nitrogens with zero attached hydrogens (tertiary/aromatic N) is 1. The number of aryl methyl sites for hydroxylation is 1. The molecule has 2 amide bonds. The zero-order valence-corrected chi connectivity index (χ0v) is 17.8. The molecule has 1 aliphatic rings. The van der Waals surface area contributed by atoms with Gasteiger partial charge in [0.15, 0.2) is 5.17 Å². The summed E-state index contributed by atoms with van der Waals surface area (Å²) in [5.41, 5.74) is 2.75. The van der Waals surface area contributed by atoms with Crippen molar-refractivity contribution in [2.45, 2.75) is 38.5 Å². The number of rotatable bonds is 5. The molecule has 0 aromatic heterocycles. The maximum absolute atomic E-state index is 12.7. The lowest BCUT2D eigenvalue weighted by Crippen LogP contribution is -2.41. The zero-order chi connectivity index (χ0) is 21.7. The van der Waals surface area contributed by atoms with E-state index < -0.39 is 11.2 Å². The number of amidine groups is 1. The van der Waals surface area contributed by atoms with E-state index in [2.05, 4.69) is 15.6 Å². The molecule has 1 heterocycles. The Balaban J connectivity index is 1.65. The van der Waals surface area contributed by atoms with Crippen LogP contribution in [-0.2, 0) is 14.3 Å². The van der Waals surface area contributed by atoms with Crippen LogP contribution in [0.15, 0.2) is 53.5 Å². The van der Waals surface area contributed by atoms with Crippen molar-refractivity contribution in [3.8, 4) is 0 Å². The Bertz CT molecular complexity index is 969. The van der Waals surface area contributed by atoms with E-state index in [1.54, 1.807) is 38.1 Å². The highest BCUT2D eigenvalue weighted by molar-refractivity contribution is 8.15. The first-order valence-corrected chi connectivity index (χ1v) is 10.4. The molecule has 7 nitrogen and oxygen atoms in total. The van der Waals surface area contributed by atoms with Gasteiger partial charge < -0.3 is 15.4 Å². The van der Waals surface area contributed by atoms with Gasteiger partial charge in [-0.3, -0.25) is 9.59 Å². The minimum absolute atomic E-state index is 0.0578. The first-order valence-electron chi connectivity index (χ1n) is 9.54. The van der Waals surface area contributed by atoms with Gasteiger partial charge in [-0.05, 0) is 57.2 Å². The SMILES string of the molecule is Cc1ccc(N=C2NC(=O)C[C@@H](C(=O)Nc3ccc(C(=O)OC(C)C)cc3)S2)cc1. The summed E-state index contributed by atoms with van der Waals surface area (Å²) >= 11 is 1.21. The predicted molar refractivity (Wildman–Crippen MR) is 118 cm³/mol. The molecule has 2 N–H and O–H groups in total. The summed E-state index contributed by atoms with van der Waals surface area (Å²) in [6.07, 6.45) is -0.149. The third kappa shape index (κ3) is 5.93. The number of carbonyl (C=O) groups excluding carboxylic acids is 3. The summed E-state index contributed by atoms with van der Waals surface area (Å²) in [7, 11) is 0. The average Bonchev–Trinajstić information content (AvgIpc) is 2.69. The van der Waals surface area contributed by atoms with Crippen molar-refractivity contribution < 1.29 is 19.1 Å². The summed E-state index contributed by atoms with van der Waals surface area (Å²) < 4.78 is 5.14.